The normalized spacial score (nSPS) is 12.0. The van der Waals surface area contributed by atoms with Crippen molar-refractivity contribution in [2.75, 3.05) is 0 Å². The van der Waals surface area contributed by atoms with Gasteiger partial charge in [-0.1, -0.05) is 19.8 Å². The van der Waals surface area contributed by atoms with E-state index in [-0.39, 0.29) is 5.82 Å². The van der Waals surface area contributed by atoms with Crippen LogP contribution < -0.4 is 0 Å². The topological polar surface area (TPSA) is 22.4 Å². The van der Waals surface area contributed by atoms with Gasteiger partial charge in [0.1, 0.15) is 12.0 Å². The van der Waals surface area contributed by atoms with E-state index in [4.69, 9.17) is 8.84 Å². The molecule has 0 fully saturated rings. The monoisotopic (exact) mass is 230 g/mol. The molecule has 0 atom stereocenters. The molecule has 0 aliphatic rings. The number of rotatable bonds is 6. The average molecular weight is 230 g/mol. The summed E-state index contributed by atoms with van der Waals surface area (Å²) in [5, 5.41) is 0. The first-order chi connectivity index (χ1) is 7.03. The molecule has 1 heterocycles. The predicted octanol–water partition coefficient (Wildman–Crippen LogP) is 3.94. The van der Waals surface area contributed by atoms with Crippen LogP contribution in [0.4, 0.5) is 4.39 Å². The van der Waals surface area contributed by atoms with Crippen LogP contribution in [0, 0.1) is 5.82 Å². The second-order valence-electron chi connectivity index (χ2n) is 4.38. The average Bonchev–Trinajstić information content (AvgIpc) is 2.59. The Morgan fingerprint density at radius 2 is 2.20 bits per heavy atom. The molecule has 86 valence electrons. The molecule has 1 aromatic heterocycles. The van der Waals surface area contributed by atoms with Crippen LogP contribution in [0.3, 0.4) is 0 Å². The van der Waals surface area contributed by atoms with Crippen LogP contribution in [-0.4, -0.2) is 8.32 Å². The van der Waals surface area contributed by atoms with Gasteiger partial charge in [-0.15, -0.1) is 0 Å². The summed E-state index contributed by atoms with van der Waals surface area (Å²) in [5.41, 5.74) is 0. The Morgan fingerprint density at radius 3 is 2.73 bits per heavy atom. The molecule has 0 aromatic carbocycles. The maximum Gasteiger partial charge on any atom is 0.187 e. The number of hydrogen-bond donors (Lipinski definition) is 0. The van der Waals surface area contributed by atoms with Crippen molar-refractivity contribution in [2.24, 2.45) is 0 Å². The van der Waals surface area contributed by atoms with Crippen molar-refractivity contribution < 1.29 is 13.2 Å². The highest BCUT2D eigenvalue weighted by atomic mass is 28.4. The lowest BCUT2D eigenvalue weighted by atomic mass is 10.4. The molecule has 0 spiro atoms. The van der Waals surface area contributed by atoms with Gasteiger partial charge in [0.25, 0.3) is 0 Å². The van der Waals surface area contributed by atoms with E-state index in [2.05, 4.69) is 20.0 Å². The second kappa shape index (κ2) is 5.46. The Kier molecular flexibility index (Phi) is 4.54. The van der Waals surface area contributed by atoms with Crippen molar-refractivity contribution in [2.45, 2.75) is 45.5 Å². The number of hydrogen-bond acceptors (Lipinski definition) is 2. The lowest BCUT2D eigenvalue weighted by molar-refractivity contribution is 0.259. The van der Waals surface area contributed by atoms with Gasteiger partial charge in [0.2, 0.25) is 0 Å². The van der Waals surface area contributed by atoms with Gasteiger partial charge in [0.05, 0.1) is 6.61 Å². The molecular weight excluding hydrogens is 211 g/mol. The molecule has 1 aromatic rings. The highest BCUT2D eigenvalue weighted by molar-refractivity contribution is 6.71. The standard InChI is InChI=1S/C11H19FO2Si/c1-4-5-6-15(2,3)14-9-11-7-10(12)8-13-11/h7-8H,4-6,9H2,1-3H3. The first-order valence-electron chi connectivity index (χ1n) is 5.40. The van der Waals surface area contributed by atoms with E-state index >= 15 is 0 Å². The summed E-state index contributed by atoms with van der Waals surface area (Å²) in [6.07, 6.45) is 3.50. The third-order valence-electron chi connectivity index (χ3n) is 2.36. The van der Waals surface area contributed by atoms with Crippen molar-refractivity contribution in [3.63, 3.8) is 0 Å². The fourth-order valence-corrected chi connectivity index (χ4v) is 3.25. The van der Waals surface area contributed by atoms with Crippen LogP contribution in [0.15, 0.2) is 16.7 Å². The van der Waals surface area contributed by atoms with Gasteiger partial charge in [-0.05, 0) is 19.1 Å². The van der Waals surface area contributed by atoms with Gasteiger partial charge in [0, 0.05) is 6.07 Å². The molecule has 0 N–H and O–H groups in total. The van der Waals surface area contributed by atoms with E-state index in [0.29, 0.717) is 12.4 Å². The van der Waals surface area contributed by atoms with Crippen LogP contribution in [0.2, 0.25) is 19.1 Å². The molecule has 0 saturated heterocycles. The number of halogens is 1. The summed E-state index contributed by atoms with van der Waals surface area (Å²) < 4.78 is 23.4. The third-order valence-corrected chi connectivity index (χ3v) is 4.84. The SMILES string of the molecule is CCCC[Si](C)(C)OCc1cc(F)co1. The maximum absolute atomic E-state index is 12.6. The van der Waals surface area contributed by atoms with Gasteiger partial charge in [0.15, 0.2) is 14.1 Å². The van der Waals surface area contributed by atoms with E-state index in [0.717, 1.165) is 12.3 Å². The fourth-order valence-electron chi connectivity index (χ4n) is 1.37. The molecule has 2 nitrogen and oxygen atoms in total. The highest BCUT2D eigenvalue weighted by Gasteiger charge is 2.22. The maximum atomic E-state index is 12.6. The molecule has 0 amide bonds. The fraction of sp³-hybridized carbons (Fsp3) is 0.636. The molecule has 0 aliphatic carbocycles. The van der Waals surface area contributed by atoms with E-state index in [1.807, 2.05) is 0 Å². The Hall–Kier alpha value is -0.613. The van der Waals surface area contributed by atoms with Crippen molar-refractivity contribution in [1.82, 2.24) is 0 Å². The molecule has 0 unspecified atom stereocenters. The minimum atomic E-state index is -1.58. The van der Waals surface area contributed by atoms with E-state index in [1.165, 1.54) is 18.9 Å². The third kappa shape index (κ3) is 4.62. The van der Waals surface area contributed by atoms with Gasteiger partial charge < -0.3 is 8.84 Å². The summed E-state index contributed by atoms with van der Waals surface area (Å²) in [4.78, 5) is 0. The zero-order valence-electron chi connectivity index (χ0n) is 9.68. The molecular formula is C11H19FO2Si. The Morgan fingerprint density at radius 1 is 1.47 bits per heavy atom. The molecule has 0 radical (unpaired) electrons. The smallest absolute Gasteiger partial charge is 0.187 e. The van der Waals surface area contributed by atoms with Crippen LogP contribution in [0.5, 0.6) is 0 Å². The molecule has 0 aliphatic heterocycles. The van der Waals surface area contributed by atoms with Gasteiger partial charge in [-0.2, -0.15) is 0 Å². The second-order valence-corrected chi connectivity index (χ2v) is 8.69. The van der Waals surface area contributed by atoms with E-state index in [9.17, 15) is 4.39 Å². The zero-order chi connectivity index (χ0) is 11.3. The van der Waals surface area contributed by atoms with E-state index < -0.39 is 8.32 Å². The van der Waals surface area contributed by atoms with Gasteiger partial charge in [-0.25, -0.2) is 4.39 Å². The van der Waals surface area contributed by atoms with Crippen LogP contribution >= 0.6 is 0 Å². The molecule has 15 heavy (non-hydrogen) atoms. The van der Waals surface area contributed by atoms with Crippen molar-refractivity contribution in [3.05, 3.63) is 23.9 Å². The molecule has 1 rings (SSSR count). The Labute approximate surface area is 91.6 Å². The van der Waals surface area contributed by atoms with Crippen LogP contribution in [0.25, 0.3) is 0 Å². The van der Waals surface area contributed by atoms with Gasteiger partial charge >= 0.3 is 0 Å². The predicted molar refractivity (Wildman–Crippen MR) is 60.7 cm³/mol. The summed E-state index contributed by atoms with van der Waals surface area (Å²) in [6.45, 7) is 6.93. The van der Waals surface area contributed by atoms with E-state index in [1.54, 1.807) is 0 Å². The Balaban J connectivity index is 2.35. The first kappa shape index (κ1) is 12.5. The zero-order valence-corrected chi connectivity index (χ0v) is 10.7. The van der Waals surface area contributed by atoms with Crippen LogP contribution in [-0.2, 0) is 11.0 Å². The molecule has 0 bridgehead atoms. The molecule has 4 heteroatoms. The highest BCUT2D eigenvalue weighted by Crippen LogP contribution is 2.18. The van der Waals surface area contributed by atoms with Crippen molar-refractivity contribution in [3.8, 4) is 0 Å². The summed E-state index contributed by atoms with van der Waals surface area (Å²) in [7, 11) is -1.58. The minimum Gasteiger partial charge on any atom is -0.464 e. The van der Waals surface area contributed by atoms with Crippen molar-refractivity contribution in [1.29, 1.82) is 0 Å². The lowest BCUT2D eigenvalue weighted by Crippen LogP contribution is -2.29. The molecule has 0 saturated carbocycles. The summed E-state index contributed by atoms with van der Waals surface area (Å²) in [6, 6.07) is 2.52. The summed E-state index contributed by atoms with van der Waals surface area (Å²) in [5.74, 6) is 0.242. The van der Waals surface area contributed by atoms with Gasteiger partial charge in [-0.3, -0.25) is 0 Å². The largest absolute Gasteiger partial charge is 0.464 e. The first-order valence-corrected chi connectivity index (χ1v) is 8.52. The number of unbranched alkanes of at least 4 members (excludes halogenated alkanes) is 1. The number of furan rings is 1. The Bertz CT molecular complexity index is 297. The summed E-state index contributed by atoms with van der Waals surface area (Å²) >= 11 is 0. The van der Waals surface area contributed by atoms with Crippen LogP contribution in [0.1, 0.15) is 25.5 Å². The van der Waals surface area contributed by atoms with Crippen molar-refractivity contribution >= 4 is 8.32 Å². The lowest BCUT2D eigenvalue weighted by Gasteiger charge is -2.21. The quantitative estimate of drug-likeness (QED) is 0.691. The minimum absolute atomic E-state index is 0.332.